The first-order chi connectivity index (χ1) is 10.7. The molecule has 1 aromatic carbocycles. The van der Waals surface area contributed by atoms with Crippen LogP contribution in [0.15, 0.2) is 42.5 Å². The fourth-order valence-corrected chi connectivity index (χ4v) is 1.79. The first kappa shape index (κ1) is 17.6. The minimum Gasteiger partial charge on any atom is -0.478 e. The summed E-state index contributed by atoms with van der Waals surface area (Å²) in [4.78, 5) is 43.2. The van der Waals surface area contributed by atoms with Crippen molar-refractivity contribution in [3.05, 3.63) is 63.7 Å². The molecule has 1 aromatic rings. The number of nitrogens with zero attached hydrogens (tertiary/aromatic N) is 1. The van der Waals surface area contributed by atoms with Gasteiger partial charge in [0, 0.05) is 17.5 Å². The monoisotopic (exact) mass is 319 g/mol. The molecule has 9 heteroatoms. The Bertz CT molecular complexity index is 699. The molecule has 0 aromatic heterocycles. The van der Waals surface area contributed by atoms with E-state index in [1.807, 2.05) is 0 Å². The molecule has 0 saturated carbocycles. The molecule has 1 atom stereocenters. The Kier molecular flexibility index (Phi) is 5.73. The van der Waals surface area contributed by atoms with Gasteiger partial charge in [0.1, 0.15) is 0 Å². The normalized spacial score (nSPS) is 12.3. The number of nitro groups is 1. The molecule has 0 radical (unpaired) electrons. The van der Waals surface area contributed by atoms with E-state index in [-0.39, 0.29) is 16.8 Å². The van der Waals surface area contributed by atoms with Gasteiger partial charge in [0.05, 0.1) is 10.5 Å². The molecule has 0 bridgehead atoms. The lowest BCUT2D eigenvalue weighted by Gasteiger charge is -2.10. The van der Waals surface area contributed by atoms with Crippen molar-refractivity contribution in [1.29, 1.82) is 0 Å². The number of carbonyl (C=O) groups is 3. The van der Waals surface area contributed by atoms with Crippen molar-refractivity contribution >= 4 is 23.5 Å². The van der Waals surface area contributed by atoms with E-state index in [0.717, 1.165) is 30.4 Å². The summed E-state index contributed by atoms with van der Waals surface area (Å²) in [5, 5.41) is 20.1. The van der Waals surface area contributed by atoms with Gasteiger partial charge in [-0.3, -0.25) is 19.7 Å². The fraction of sp³-hybridized carbons (Fsp3) is 0.0714. The summed E-state index contributed by atoms with van der Waals surface area (Å²) in [5.74, 6) is -3.83. The minimum absolute atomic E-state index is 0.0232. The maximum absolute atomic E-state index is 11.1. The molecule has 0 spiro atoms. The van der Waals surface area contributed by atoms with E-state index in [1.165, 1.54) is 12.2 Å². The number of carboxylic acids is 1. The van der Waals surface area contributed by atoms with Crippen LogP contribution in [-0.4, -0.2) is 27.8 Å². The molecule has 5 N–H and O–H groups in total. The van der Waals surface area contributed by atoms with Crippen molar-refractivity contribution in [1.82, 2.24) is 0 Å². The highest BCUT2D eigenvalue weighted by Crippen LogP contribution is 2.30. The second-order valence-corrected chi connectivity index (χ2v) is 4.38. The zero-order chi connectivity index (χ0) is 17.6. The highest BCUT2D eigenvalue weighted by Gasteiger charge is 2.21. The highest BCUT2D eigenvalue weighted by molar-refractivity contribution is 5.89. The van der Waals surface area contributed by atoms with Crippen molar-refractivity contribution in [3.8, 4) is 0 Å². The van der Waals surface area contributed by atoms with Crippen LogP contribution in [0, 0.1) is 10.1 Å². The van der Waals surface area contributed by atoms with Crippen molar-refractivity contribution in [3.63, 3.8) is 0 Å². The van der Waals surface area contributed by atoms with Crippen LogP contribution in [0.4, 0.5) is 5.69 Å². The largest absolute Gasteiger partial charge is 0.478 e. The smallest absolute Gasteiger partial charge is 0.335 e. The summed E-state index contributed by atoms with van der Waals surface area (Å²) in [7, 11) is 0. The summed E-state index contributed by atoms with van der Waals surface area (Å²) in [6.07, 6.45) is 4.31. The molecule has 1 rings (SSSR count). The molecule has 0 aliphatic carbocycles. The first-order valence-electron chi connectivity index (χ1n) is 6.19. The van der Waals surface area contributed by atoms with Gasteiger partial charge in [0.25, 0.3) is 5.69 Å². The molecule has 0 heterocycles. The number of amides is 2. The molecular formula is C14H13N3O6. The van der Waals surface area contributed by atoms with E-state index >= 15 is 0 Å². The van der Waals surface area contributed by atoms with Gasteiger partial charge in [-0.05, 0) is 24.3 Å². The standard InChI is InChI=1S/C14H13N3O6/c15-12(18)5-2-8(3-6-13(16)19)10-7-9(14(20)21)1-4-11(10)17(22)23/h1-8H,(H2,15,18)(H2,16,19)(H,20,21)/b5-2-,6-3+. The summed E-state index contributed by atoms with van der Waals surface area (Å²) in [5.41, 5.74) is 9.38. The third kappa shape index (κ3) is 5.08. The van der Waals surface area contributed by atoms with Crippen LogP contribution in [0.25, 0.3) is 0 Å². The second kappa shape index (κ2) is 7.50. The van der Waals surface area contributed by atoms with E-state index in [1.54, 1.807) is 0 Å². The summed E-state index contributed by atoms with van der Waals surface area (Å²) in [6, 6.07) is 3.19. The predicted molar refractivity (Wildman–Crippen MR) is 79.5 cm³/mol. The Morgan fingerprint density at radius 2 is 1.65 bits per heavy atom. The van der Waals surface area contributed by atoms with Gasteiger partial charge in [-0.1, -0.05) is 12.2 Å². The molecule has 0 fully saturated rings. The zero-order valence-electron chi connectivity index (χ0n) is 11.7. The number of nitro benzene ring substituents is 1. The highest BCUT2D eigenvalue weighted by atomic mass is 16.6. The third-order valence-corrected chi connectivity index (χ3v) is 2.77. The molecular weight excluding hydrogens is 306 g/mol. The maximum Gasteiger partial charge on any atom is 0.335 e. The van der Waals surface area contributed by atoms with Crippen molar-refractivity contribution in [2.75, 3.05) is 0 Å². The summed E-state index contributed by atoms with van der Waals surface area (Å²) >= 11 is 0. The van der Waals surface area contributed by atoms with Gasteiger partial charge in [-0.25, -0.2) is 4.79 Å². The second-order valence-electron chi connectivity index (χ2n) is 4.38. The van der Waals surface area contributed by atoms with E-state index in [4.69, 9.17) is 16.6 Å². The molecule has 0 saturated heterocycles. The lowest BCUT2D eigenvalue weighted by atomic mass is 9.94. The molecule has 0 aliphatic rings. The van der Waals surface area contributed by atoms with Crippen molar-refractivity contribution in [2.45, 2.75) is 5.92 Å². The maximum atomic E-state index is 11.1. The number of hydrogen-bond acceptors (Lipinski definition) is 5. The van der Waals surface area contributed by atoms with Crippen molar-refractivity contribution < 1.29 is 24.4 Å². The lowest BCUT2D eigenvalue weighted by Crippen LogP contribution is -2.09. The average Bonchev–Trinajstić information content (AvgIpc) is 2.46. The van der Waals surface area contributed by atoms with Gasteiger partial charge in [-0.15, -0.1) is 0 Å². The van der Waals surface area contributed by atoms with Crippen LogP contribution < -0.4 is 11.5 Å². The number of carbonyl (C=O) groups excluding carboxylic acids is 2. The van der Waals surface area contributed by atoms with Crippen LogP contribution >= 0.6 is 0 Å². The molecule has 0 aliphatic heterocycles. The van der Waals surface area contributed by atoms with Gasteiger partial charge >= 0.3 is 5.97 Å². The van der Waals surface area contributed by atoms with Crippen LogP contribution in [0.5, 0.6) is 0 Å². The van der Waals surface area contributed by atoms with Crippen LogP contribution in [0.1, 0.15) is 21.8 Å². The van der Waals surface area contributed by atoms with E-state index < -0.39 is 28.6 Å². The number of carboxylic acid groups (broad SMARTS) is 1. The number of hydrogen-bond donors (Lipinski definition) is 3. The van der Waals surface area contributed by atoms with Crippen LogP contribution in [-0.2, 0) is 9.59 Å². The van der Waals surface area contributed by atoms with E-state index in [2.05, 4.69) is 0 Å². The fourth-order valence-electron chi connectivity index (χ4n) is 1.79. The predicted octanol–water partition coefficient (Wildman–Crippen LogP) is 0.460. The number of benzene rings is 1. The summed E-state index contributed by atoms with van der Waals surface area (Å²) < 4.78 is 0. The first-order valence-corrected chi connectivity index (χ1v) is 6.19. The Balaban J connectivity index is 3.50. The number of primary amides is 2. The Hall–Kier alpha value is -3.49. The Morgan fingerprint density at radius 3 is 2.04 bits per heavy atom. The Labute approximate surface area is 130 Å². The van der Waals surface area contributed by atoms with Gasteiger partial charge in [-0.2, -0.15) is 0 Å². The van der Waals surface area contributed by atoms with Crippen LogP contribution in [0.2, 0.25) is 0 Å². The minimum atomic E-state index is -1.28. The molecule has 2 amide bonds. The van der Waals surface area contributed by atoms with E-state index in [0.29, 0.717) is 0 Å². The summed E-state index contributed by atoms with van der Waals surface area (Å²) in [6.45, 7) is 0. The number of rotatable bonds is 7. The number of aromatic carboxylic acids is 1. The molecule has 23 heavy (non-hydrogen) atoms. The van der Waals surface area contributed by atoms with Gasteiger partial charge < -0.3 is 16.6 Å². The zero-order valence-corrected chi connectivity index (χ0v) is 11.7. The lowest BCUT2D eigenvalue weighted by molar-refractivity contribution is -0.385. The number of allylic oxidation sites excluding steroid dienone is 2. The molecule has 9 nitrogen and oxygen atoms in total. The molecule has 120 valence electrons. The quantitative estimate of drug-likeness (QED) is 0.375. The van der Waals surface area contributed by atoms with Crippen LogP contribution in [0.3, 0.4) is 0 Å². The van der Waals surface area contributed by atoms with Gasteiger partial charge in [0.2, 0.25) is 11.8 Å². The van der Waals surface area contributed by atoms with Crippen molar-refractivity contribution in [2.24, 2.45) is 11.5 Å². The SMILES string of the molecule is NC(=O)/C=C\C(/C=C/C(N)=O)c1cc(C(=O)O)ccc1[N+](=O)[O-]. The van der Waals surface area contributed by atoms with Gasteiger partial charge in [0.15, 0.2) is 0 Å². The molecule has 1 unspecified atom stereocenters. The Morgan fingerprint density at radius 1 is 1.13 bits per heavy atom. The number of nitrogens with two attached hydrogens (primary N) is 2. The average molecular weight is 319 g/mol. The topological polar surface area (TPSA) is 167 Å². The van der Waals surface area contributed by atoms with E-state index in [9.17, 15) is 24.5 Å². The third-order valence-electron chi connectivity index (χ3n) is 2.77.